The van der Waals surface area contributed by atoms with Crippen molar-refractivity contribution in [3.05, 3.63) is 71.9 Å². The van der Waals surface area contributed by atoms with Gasteiger partial charge in [0.1, 0.15) is 17.6 Å². The highest BCUT2D eigenvalue weighted by Gasteiger charge is 2.36. The third kappa shape index (κ3) is 7.26. The lowest BCUT2D eigenvalue weighted by atomic mass is 10.1. The second kappa shape index (κ2) is 10.5. The normalized spacial score (nSPS) is 14.8. The van der Waals surface area contributed by atoms with Gasteiger partial charge in [0.05, 0.1) is 24.1 Å². The van der Waals surface area contributed by atoms with Crippen molar-refractivity contribution in [1.82, 2.24) is 25.3 Å². The number of aromatic nitrogens is 4. The third-order valence-electron chi connectivity index (χ3n) is 5.24. The molecule has 1 amide bonds. The van der Waals surface area contributed by atoms with Crippen molar-refractivity contribution in [3.8, 4) is 11.6 Å². The maximum Gasteiger partial charge on any atom is 0.304 e. The van der Waals surface area contributed by atoms with Crippen molar-refractivity contribution >= 4 is 27.2 Å². The van der Waals surface area contributed by atoms with Gasteiger partial charge >= 0.3 is 5.92 Å². The van der Waals surface area contributed by atoms with E-state index in [2.05, 4.69) is 30.6 Å². The van der Waals surface area contributed by atoms with Crippen LogP contribution < -0.4 is 15.4 Å². The van der Waals surface area contributed by atoms with Gasteiger partial charge in [0.15, 0.2) is 15.7 Å². The fourth-order valence-electron chi connectivity index (χ4n) is 3.34. The number of sulfone groups is 1. The number of amides is 1. The molecule has 1 aliphatic rings. The zero-order valence-electron chi connectivity index (χ0n) is 19.9. The number of hydrogen-bond donors (Lipinski definition) is 2. The number of carbonyl (C=O) groups excluding carboxylic acids is 1. The molecule has 1 aromatic carbocycles. The highest BCUT2D eigenvalue weighted by molar-refractivity contribution is 7.93. The predicted octanol–water partition coefficient (Wildman–Crippen LogP) is 3.98. The largest absolute Gasteiger partial charge is 0.438 e. The van der Waals surface area contributed by atoms with E-state index >= 15 is 0 Å². The highest BCUT2D eigenvalue weighted by Crippen LogP contribution is 2.36. The molecule has 0 spiro atoms. The van der Waals surface area contributed by atoms with E-state index in [0.717, 1.165) is 24.5 Å². The van der Waals surface area contributed by atoms with Crippen LogP contribution in [0.5, 0.6) is 11.6 Å². The minimum Gasteiger partial charge on any atom is -0.438 e. The summed E-state index contributed by atoms with van der Waals surface area (Å²) in [6.07, 6.45) is 8.05. The smallest absolute Gasteiger partial charge is 0.304 e. The predicted molar refractivity (Wildman–Crippen MR) is 131 cm³/mol. The summed E-state index contributed by atoms with van der Waals surface area (Å²) < 4.78 is 57.8. The average molecular weight is 531 g/mol. The van der Waals surface area contributed by atoms with Crippen molar-refractivity contribution in [1.29, 1.82) is 0 Å². The first-order valence-corrected chi connectivity index (χ1v) is 13.2. The first kappa shape index (κ1) is 26.1. The number of para-hydroxylation sites is 1. The highest BCUT2D eigenvalue weighted by atomic mass is 32.2. The van der Waals surface area contributed by atoms with Crippen LogP contribution in [0.1, 0.15) is 35.9 Å². The summed E-state index contributed by atoms with van der Waals surface area (Å²) >= 11 is 0. The molecular formula is C24H24F2N6O4S. The molecule has 2 N–H and O–H groups in total. The molecule has 1 saturated carbocycles. The Kier molecular flexibility index (Phi) is 7.43. The molecule has 0 unspecified atom stereocenters. The molecule has 1 atom stereocenters. The van der Waals surface area contributed by atoms with Crippen molar-refractivity contribution < 1.29 is 26.7 Å². The van der Waals surface area contributed by atoms with Gasteiger partial charge < -0.3 is 15.4 Å². The van der Waals surface area contributed by atoms with Gasteiger partial charge in [-0.05, 0) is 30.9 Å². The maximum atomic E-state index is 14.4. The fraction of sp³-hybridized carbons (Fsp3) is 0.292. The molecule has 3 aromatic rings. The lowest BCUT2D eigenvalue weighted by Crippen LogP contribution is -2.36. The topological polar surface area (TPSA) is 136 Å². The average Bonchev–Trinajstić information content (AvgIpc) is 3.67. The molecule has 13 heteroatoms. The summed E-state index contributed by atoms with van der Waals surface area (Å²) in [4.78, 5) is 29.2. The number of hydrogen-bond acceptors (Lipinski definition) is 9. The lowest BCUT2D eigenvalue weighted by Gasteiger charge is -2.20. The first-order valence-electron chi connectivity index (χ1n) is 11.2. The monoisotopic (exact) mass is 530 g/mol. The first-order chi connectivity index (χ1) is 17.5. The standard InChI is InChI=1S/C24H24F2N6O4S/c1-24(25,26)23-31-20(29-16-12-27-14-28-13-16)19(22(32-23)36-17-6-4-3-5-7-17)21(33)30-18(15-8-9-15)10-11-37(2,34)35/h3-7,10-15,18H,8-9H2,1-2H3,(H,30,33)(H,29,31,32)/b11-10+/t18-/m1/s1. The SMILES string of the molecule is CC(F)(F)c1nc(Nc2cncnc2)c(C(=O)N[C@H](/C=C/S(C)(=O)=O)C2CC2)c(Oc2ccccc2)n1. The van der Waals surface area contributed by atoms with Gasteiger partial charge in [-0.25, -0.2) is 23.4 Å². The molecule has 2 heterocycles. The van der Waals surface area contributed by atoms with Gasteiger partial charge in [-0.15, -0.1) is 0 Å². The number of nitrogens with one attached hydrogen (secondary N) is 2. The Bertz CT molecular complexity index is 1330. The fourth-order valence-corrected chi connectivity index (χ4v) is 3.79. The van der Waals surface area contributed by atoms with Crippen molar-refractivity contribution in [2.75, 3.05) is 11.6 Å². The summed E-state index contributed by atoms with van der Waals surface area (Å²) in [5.74, 6) is -5.45. The van der Waals surface area contributed by atoms with E-state index in [4.69, 9.17) is 4.74 Å². The van der Waals surface area contributed by atoms with Crippen LogP contribution in [0.3, 0.4) is 0 Å². The zero-order chi connectivity index (χ0) is 26.6. The van der Waals surface area contributed by atoms with Gasteiger partial charge in [-0.2, -0.15) is 13.8 Å². The zero-order valence-corrected chi connectivity index (χ0v) is 20.7. The number of halogens is 2. The second-order valence-electron chi connectivity index (χ2n) is 8.63. The lowest BCUT2D eigenvalue weighted by molar-refractivity contribution is 0.00725. The number of alkyl halides is 2. The molecule has 0 radical (unpaired) electrons. The molecule has 4 rings (SSSR count). The minimum atomic E-state index is -3.46. The van der Waals surface area contributed by atoms with Gasteiger partial charge in [-0.1, -0.05) is 24.3 Å². The van der Waals surface area contributed by atoms with Gasteiger partial charge in [0.2, 0.25) is 11.7 Å². The summed E-state index contributed by atoms with van der Waals surface area (Å²) in [7, 11) is -3.44. The molecule has 10 nitrogen and oxygen atoms in total. The molecule has 1 fully saturated rings. The molecule has 37 heavy (non-hydrogen) atoms. The van der Waals surface area contributed by atoms with Crippen LogP contribution in [0.2, 0.25) is 0 Å². The van der Waals surface area contributed by atoms with Gasteiger partial charge in [0, 0.05) is 18.6 Å². The van der Waals surface area contributed by atoms with Crippen LogP contribution in [0.15, 0.2) is 60.5 Å². The molecule has 1 aliphatic carbocycles. The molecule has 0 saturated heterocycles. The van der Waals surface area contributed by atoms with Crippen LogP contribution in [0, 0.1) is 5.92 Å². The Labute approximate surface area is 212 Å². The Balaban J connectivity index is 1.81. The van der Waals surface area contributed by atoms with Gasteiger partial charge in [-0.3, -0.25) is 4.79 Å². The van der Waals surface area contributed by atoms with E-state index in [9.17, 15) is 22.0 Å². The van der Waals surface area contributed by atoms with Crippen LogP contribution in [-0.2, 0) is 15.8 Å². The summed E-state index contributed by atoms with van der Waals surface area (Å²) in [6, 6.07) is 7.62. The van der Waals surface area contributed by atoms with Crippen molar-refractivity contribution in [2.45, 2.75) is 31.7 Å². The Morgan fingerprint density at radius 1 is 1.16 bits per heavy atom. The quantitative estimate of drug-likeness (QED) is 0.399. The molecule has 0 aliphatic heterocycles. The number of carbonyl (C=O) groups is 1. The number of ether oxygens (including phenoxy) is 1. The van der Waals surface area contributed by atoms with Crippen LogP contribution in [-0.4, -0.2) is 46.6 Å². The minimum absolute atomic E-state index is 0.0274. The van der Waals surface area contributed by atoms with Gasteiger partial charge in [0.25, 0.3) is 5.91 Å². The summed E-state index contributed by atoms with van der Waals surface area (Å²) in [6.45, 7) is 0.628. The Morgan fingerprint density at radius 3 is 2.43 bits per heavy atom. The number of anilines is 2. The Morgan fingerprint density at radius 2 is 1.84 bits per heavy atom. The maximum absolute atomic E-state index is 14.4. The Hall–Kier alpha value is -4.00. The van der Waals surface area contributed by atoms with E-state index in [0.29, 0.717) is 6.92 Å². The number of nitrogens with zero attached hydrogens (tertiary/aromatic N) is 4. The second-order valence-corrected chi connectivity index (χ2v) is 10.6. The van der Waals surface area contributed by atoms with E-state index in [-0.39, 0.29) is 28.7 Å². The van der Waals surface area contributed by atoms with Crippen LogP contribution in [0.4, 0.5) is 20.3 Å². The van der Waals surface area contributed by atoms with Crippen LogP contribution >= 0.6 is 0 Å². The van der Waals surface area contributed by atoms with E-state index in [1.807, 2.05) is 0 Å². The number of benzene rings is 1. The summed E-state index contributed by atoms with van der Waals surface area (Å²) in [5.41, 5.74) is 0.0288. The summed E-state index contributed by atoms with van der Waals surface area (Å²) in [5, 5.41) is 6.59. The van der Waals surface area contributed by atoms with E-state index < -0.39 is 39.4 Å². The third-order valence-corrected chi connectivity index (χ3v) is 5.89. The number of rotatable bonds is 10. The van der Waals surface area contributed by atoms with Crippen LogP contribution in [0.25, 0.3) is 0 Å². The molecular weight excluding hydrogens is 506 g/mol. The molecule has 2 aromatic heterocycles. The molecule has 0 bridgehead atoms. The van der Waals surface area contributed by atoms with Crippen molar-refractivity contribution in [2.24, 2.45) is 5.92 Å². The van der Waals surface area contributed by atoms with E-state index in [1.165, 1.54) is 24.8 Å². The van der Waals surface area contributed by atoms with Crippen molar-refractivity contribution in [3.63, 3.8) is 0 Å². The van der Waals surface area contributed by atoms with E-state index in [1.54, 1.807) is 30.3 Å². The molecule has 194 valence electrons.